The van der Waals surface area contributed by atoms with Gasteiger partial charge in [-0.2, -0.15) is 5.26 Å². The Labute approximate surface area is 154 Å². The number of halogens is 1. The number of fused-ring (bicyclic) bond motifs is 1. The molecule has 0 N–H and O–H groups in total. The molecule has 0 saturated heterocycles. The number of ether oxygens (including phenoxy) is 1. The van der Waals surface area contributed by atoms with E-state index in [0.717, 1.165) is 16.5 Å². The predicted molar refractivity (Wildman–Crippen MR) is 92.1 cm³/mol. The molecule has 6 nitrogen and oxygen atoms in total. The maximum absolute atomic E-state index is 13.8. The third-order valence-corrected chi connectivity index (χ3v) is 4.35. The summed E-state index contributed by atoms with van der Waals surface area (Å²) in [5.41, 5.74) is 1.56. The molecule has 2 aromatic carbocycles. The van der Waals surface area contributed by atoms with Crippen molar-refractivity contribution >= 4 is 17.8 Å². The number of amides is 2. The molecule has 0 aliphatic carbocycles. The fourth-order valence-corrected chi connectivity index (χ4v) is 2.85. The summed E-state index contributed by atoms with van der Waals surface area (Å²) >= 11 is 0. The van der Waals surface area contributed by atoms with Crippen LogP contribution in [-0.4, -0.2) is 28.7 Å². The van der Waals surface area contributed by atoms with Crippen LogP contribution in [0.4, 0.5) is 4.39 Å². The molecule has 1 aliphatic heterocycles. The van der Waals surface area contributed by atoms with Crippen molar-refractivity contribution in [3.8, 4) is 6.07 Å². The number of carbonyl (C=O) groups excluding carboxylic acids is 3. The van der Waals surface area contributed by atoms with Crippen molar-refractivity contribution in [1.29, 1.82) is 5.26 Å². The van der Waals surface area contributed by atoms with Gasteiger partial charge in [0.05, 0.1) is 22.8 Å². The highest BCUT2D eigenvalue weighted by atomic mass is 19.1. The van der Waals surface area contributed by atoms with Crippen LogP contribution in [0.2, 0.25) is 0 Å². The summed E-state index contributed by atoms with van der Waals surface area (Å²) in [6.07, 6.45) is 0. The third kappa shape index (κ3) is 3.29. The van der Waals surface area contributed by atoms with Crippen molar-refractivity contribution in [3.05, 3.63) is 70.0 Å². The molecule has 1 atom stereocenters. The van der Waals surface area contributed by atoms with E-state index >= 15 is 0 Å². The Kier molecular flexibility index (Phi) is 4.74. The molecule has 7 heteroatoms. The van der Waals surface area contributed by atoms with E-state index in [9.17, 15) is 18.8 Å². The van der Waals surface area contributed by atoms with Gasteiger partial charge >= 0.3 is 5.97 Å². The second-order valence-corrected chi connectivity index (χ2v) is 6.23. The fourth-order valence-electron chi connectivity index (χ4n) is 2.85. The smallest absolute Gasteiger partial charge is 0.329 e. The largest absolute Gasteiger partial charge is 0.459 e. The number of hydrogen-bond donors (Lipinski definition) is 0. The molecule has 0 spiro atoms. The zero-order valence-electron chi connectivity index (χ0n) is 14.7. The summed E-state index contributed by atoms with van der Waals surface area (Å²) in [4.78, 5) is 38.2. The maximum atomic E-state index is 13.8. The molecule has 27 heavy (non-hydrogen) atoms. The lowest BCUT2D eigenvalue weighted by Gasteiger charge is -2.21. The number of hydrogen-bond acceptors (Lipinski definition) is 5. The lowest BCUT2D eigenvalue weighted by Crippen LogP contribution is -2.43. The van der Waals surface area contributed by atoms with Crippen LogP contribution in [0.5, 0.6) is 0 Å². The number of nitrogens with zero attached hydrogens (tertiary/aromatic N) is 2. The van der Waals surface area contributed by atoms with Crippen LogP contribution in [0.1, 0.15) is 44.3 Å². The summed E-state index contributed by atoms with van der Waals surface area (Å²) in [5.74, 6) is -2.61. The molecular weight excluding hydrogens is 351 g/mol. The molecule has 2 amide bonds. The molecule has 1 aliphatic rings. The summed E-state index contributed by atoms with van der Waals surface area (Å²) < 4.78 is 18.8. The Morgan fingerprint density at radius 2 is 1.89 bits per heavy atom. The van der Waals surface area contributed by atoms with Crippen LogP contribution in [0.3, 0.4) is 0 Å². The molecule has 0 saturated carbocycles. The van der Waals surface area contributed by atoms with E-state index in [1.54, 1.807) is 25.1 Å². The molecule has 136 valence electrons. The minimum absolute atomic E-state index is 0.0348. The lowest BCUT2D eigenvalue weighted by atomic mass is 10.1. The minimum atomic E-state index is -1.17. The van der Waals surface area contributed by atoms with Gasteiger partial charge in [-0.3, -0.25) is 14.5 Å². The van der Waals surface area contributed by atoms with Crippen molar-refractivity contribution in [1.82, 2.24) is 4.90 Å². The van der Waals surface area contributed by atoms with Gasteiger partial charge in [-0.1, -0.05) is 11.6 Å². The van der Waals surface area contributed by atoms with Gasteiger partial charge in [0.1, 0.15) is 18.5 Å². The Balaban J connectivity index is 1.74. The van der Waals surface area contributed by atoms with E-state index in [0.29, 0.717) is 0 Å². The van der Waals surface area contributed by atoms with Gasteiger partial charge in [0.25, 0.3) is 11.8 Å². The molecule has 0 bridgehead atoms. The van der Waals surface area contributed by atoms with E-state index in [-0.39, 0.29) is 22.3 Å². The van der Waals surface area contributed by atoms with Gasteiger partial charge in [-0.05, 0) is 44.2 Å². The van der Waals surface area contributed by atoms with Gasteiger partial charge in [0.15, 0.2) is 0 Å². The normalized spacial score (nSPS) is 13.9. The molecule has 0 fully saturated rings. The topological polar surface area (TPSA) is 87.5 Å². The van der Waals surface area contributed by atoms with Crippen LogP contribution in [0.25, 0.3) is 0 Å². The number of imide groups is 1. The Hall–Kier alpha value is -3.53. The van der Waals surface area contributed by atoms with Gasteiger partial charge in [0, 0.05) is 5.56 Å². The number of nitriles is 1. The van der Waals surface area contributed by atoms with Crippen molar-refractivity contribution in [3.63, 3.8) is 0 Å². The molecule has 1 unspecified atom stereocenters. The molecule has 3 rings (SSSR count). The Morgan fingerprint density at radius 1 is 1.19 bits per heavy atom. The first-order valence-corrected chi connectivity index (χ1v) is 8.17. The van der Waals surface area contributed by atoms with Crippen LogP contribution in [0, 0.1) is 24.1 Å². The molecular formula is C20H15FN2O4. The van der Waals surface area contributed by atoms with Gasteiger partial charge in [-0.15, -0.1) is 0 Å². The summed E-state index contributed by atoms with van der Waals surface area (Å²) in [6, 6.07) is 9.25. The highest BCUT2D eigenvalue weighted by Crippen LogP contribution is 2.26. The first-order valence-electron chi connectivity index (χ1n) is 8.17. The molecule has 1 heterocycles. The average molecular weight is 366 g/mol. The van der Waals surface area contributed by atoms with Gasteiger partial charge in [-0.25, -0.2) is 9.18 Å². The zero-order chi connectivity index (χ0) is 19.7. The van der Waals surface area contributed by atoms with E-state index in [4.69, 9.17) is 10.00 Å². The minimum Gasteiger partial charge on any atom is -0.459 e. The van der Waals surface area contributed by atoms with E-state index < -0.39 is 36.2 Å². The number of esters is 1. The summed E-state index contributed by atoms with van der Waals surface area (Å²) in [5, 5.41) is 8.86. The summed E-state index contributed by atoms with van der Waals surface area (Å²) in [6.45, 7) is 2.76. The molecule has 2 aromatic rings. The highest BCUT2D eigenvalue weighted by Gasteiger charge is 2.41. The highest BCUT2D eigenvalue weighted by molar-refractivity contribution is 6.22. The SMILES string of the molecule is Cc1ccc2c(c1)C(=O)N(C(C)C(=O)OCc1cc(C#N)ccc1F)C2=O. The van der Waals surface area contributed by atoms with Crippen molar-refractivity contribution in [2.24, 2.45) is 0 Å². The standard InChI is InChI=1S/C20H15FN2O4/c1-11-3-5-15-16(7-11)19(25)23(18(15)24)12(2)20(26)27-10-14-8-13(9-22)4-6-17(14)21/h3-8,12H,10H2,1-2H3. The van der Waals surface area contributed by atoms with Crippen molar-refractivity contribution in [2.75, 3.05) is 0 Å². The van der Waals surface area contributed by atoms with Crippen molar-refractivity contribution in [2.45, 2.75) is 26.5 Å². The first kappa shape index (κ1) is 18.3. The number of aryl methyl sites for hydroxylation is 1. The Morgan fingerprint density at radius 3 is 2.59 bits per heavy atom. The number of rotatable bonds is 4. The van der Waals surface area contributed by atoms with Crippen LogP contribution in [0.15, 0.2) is 36.4 Å². The second-order valence-electron chi connectivity index (χ2n) is 6.23. The van der Waals surface area contributed by atoms with Crippen LogP contribution in [-0.2, 0) is 16.1 Å². The van der Waals surface area contributed by atoms with Gasteiger partial charge in [0.2, 0.25) is 0 Å². The number of carbonyl (C=O) groups is 3. The van der Waals surface area contributed by atoms with E-state index in [1.165, 1.54) is 19.1 Å². The maximum Gasteiger partial charge on any atom is 0.329 e. The third-order valence-electron chi connectivity index (χ3n) is 4.35. The quantitative estimate of drug-likeness (QED) is 0.613. The molecule has 0 radical (unpaired) electrons. The van der Waals surface area contributed by atoms with E-state index in [1.807, 2.05) is 6.07 Å². The van der Waals surface area contributed by atoms with Crippen LogP contribution >= 0.6 is 0 Å². The predicted octanol–water partition coefficient (Wildman–Crippen LogP) is 2.73. The first-order chi connectivity index (χ1) is 12.8. The fraction of sp³-hybridized carbons (Fsp3) is 0.200. The van der Waals surface area contributed by atoms with Crippen molar-refractivity contribution < 1.29 is 23.5 Å². The Bertz CT molecular complexity index is 1010. The van der Waals surface area contributed by atoms with Gasteiger partial charge < -0.3 is 4.74 Å². The lowest BCUT2D eigenvalue weighted by molar-refractivity contribution is -0.149. The zero-order valence-corrected chi connectivity index (χ0v) is 14.7. The number of benzene rings is 2. The average Bonchev–Trinajstić information content (AvgIpc) is 2.90. The molecule has 0 aromatic heterocycles. The van der Waals surface area contributed by atoms with Crippen LogP contribution < -0.4 is 0 Å². The summed E-state index contributed by atoms with van der Waals surface area (Å²) in [7, 11) is 0. The monoisotopic (exact) mass is 366 g/mol. The second kappa shape index (κ2) is 7.00. The van der Waals surface area contributed by atoms with E-state index in [2.05, 4.69) is 0 Å².